The van der Waals surface area contributed by atoms with Crippen molar-refractivity contribution in [1.82, 2.24) is 19.7 Å². The van der Waals surface area contributed by atoms with Crippen LogP contribution in [0.25, 0.3) is 5.69 Å². The SMILES string of the molecule is Cc1nn(-c2ccccc2)c(C)c1NC(=O)CCN(CCc1ccccn1)Cc1ccc(F)cc1. The quantitative estimate of drug-likeness (QED) is 0.350. The third-order valence-electron chi connectivity index (χ3n) is 5.94. The van der Waals surface area contributed by atoms with Crippen molar-refractivity contribution in [2.75, 3.05) is 18.4 Å². The van der Waals surface area contributed by atoms with Crippen LogP contribution in [-0.4, -0.2) is 38.7 Å². The van der Waals surface area contributed by atoms with Gasteiger partial charge in [-0.25, -0.2) is 9.07 Å². The van der Waals surface area contributed by atoms with Crippen LogP contribution >= 0.6 is 0 Å². The van der Waals surface area contributed by atoms with Gasteiger partial charge in [0.15, 0.2) is 0 Å². The number of pyridine rings is 1. The van der Waals surface area contributed by atoms with Crippen LogP contribution in [-0.2, 0) is 17.8 Å². The first-order chi connectivity index (χ1) is 17.0. The number of nitrogens with zero attached hydrogens (tertiary/aromatic N) is 4. The second-order valence-electron chi connectivity index (χ2n) is 8.57. The van der Waals surface area contributed by atoms with Crippen LogP contribution in [0, 0.1) is 19.7 Å². The summed E-state index contributed by atoms with van der Waals surface area (Å²) in [5.74, 6) is -0.319. The molecule has 35 heavy (non-hydrogen) atoms. The minimum Gasteiger partial charge on any atom is -0.323 e. The molecular formula is C28H30FN5O. The van der Waals surface area contributed by atoms with Crippen molar-refractivity contribution in [3.63, 3.8) is 0 Å². The minimum absolute atomic E-state index is 0.0641. The lowest BCUT2D eigenvalue weighted by Gasteiger charge is -2.22. The topological polar surface area (TPSA) is 63.1 Å². The molecule has 0 saturated carbocycles. The van der Waals surface area contributed by atoms with Crippen LogP contribution in [0.3, 0.4) is 0 Å². The molecule has 6 nitrogen and oxygen atoms in total. The standard InChI is InChI=1S/C28H30FN5O/c1-21-28(22(2)34(32-21)26-9-4-3-5-10-26)31-27(35)16-19-33(18-15-25-8-6-7-17-30-25)20-23-11-13-24(29)14-12-23/h3-14,17H,15-16,18-20H2,1-2H3,(H,31,35). The summed E-state index contributed by atoms with van der Waals surface area (Å²) >= 11 is 0. The first-order valence-electron chi connectivity index (χ1n) is 11.8. The number of carbonyl (C=O) groups excluding carboxylic acids is 1. The summed E-state index contributed by atoms with van der Waals surface area (Å²) < 4.78 is 15.2. The van der Waals surface area contributed by atoms with Crippen LogP contribution in [0.1, 0.15) is 29.1 Å². The number of nitrogens with one attached hydrogen (secondary N) is 1. The lowest BCUT2D eigenvalue weighted by atomic mass is 10.2. The average Bonchev–Trinajstić information content (AvgIpc) is 3.16. The van der Waals surface area contributed by atoms with Crippen molar-refractivity contribution in [2.45, 2.75) is 33.2 Å². The van der Waals surface area contributed by atoms with Crippen LogP contribution in [0.4, 0.5) is 10.1 Å². The highest BCUT2D eigenvalue weighted by Gasteiger charge is 2.16. The number of halogens is 1. The van der Waals surface area contributed by atoms with Gasteiger partial charge in [-0.2, -0.15) is 5.10 Å². The molecule has 0 aliphatic heterocycles. The minimum atomic E-state index is -0.255. The number of carbonyl (C=O) groups is 1. The van der Waals surface area contributed by atoms with E-state index in [1.165, 1.54) is 12.1 Å². The Hall–Kier alpha value is -3.84. The molecule has 0 aliphatic carbocycles. The van der Waals surface area contributed by atoms with E-state index in [9.17, 15) is 9.18 Å². The van der Waals surface area contributed by atoms with Crippen LogP contribution in [0.15, 0.2) is 79.0 Å². The summed E-state index contributed by atoms with van der Waals surface area (Å²) in [6.45, 7) is 5.79. The molecule has 1 amide bonds. The number of rotatable bonds is 10. The molecule has 2 aromatic carbocycles. The van der Waals surface area contributed by atoms with Gasteiger partial charge in [0.1, 0.15) is 5.82 Å². The van der Waals surface area contributed by atoms with Gasteiger partial charge in [0.25, 0.3) is 0 Å². The number of para-hydroxylation sites is 1. The van der Waals surface area contributed by atoms with E-state index in [0.717, 1.165) is 47.0 Å². The number of aromatic nitrogens is 3. The van der Waals surface area contributed by atoms with Gasteiger partial charge in [0, 0.05) is 44.4 Å². The molecule has 180 valence electrons. The Bertz CT molecular complexity index is 1240. The largest absolute Gasteiger partial charge is 0.323 e. The monoisotopic (exact) mass is 471 g/mol. The van der Waals surface area contributed by atoms with E-state index in [1.54, 1.807) is 18.3 Å². The Kier molecular flexibility index (Phi) is 8.00. The summed E-state index contributed by atoms with van der Waals surface area (Å²) in [6.07, 6.45) is 2.89. The van der Waals surface area contributed by atoms with Crippen molar-refractivity contribution in [3.05, 3.63) is 107 Å². The van der Waals surface area contributed by atoms with Crippen molar-refractivity contribution in [2.24, 2.45) is 0 Å². The predicted octanol–water partition coefficient (Wildman–Crippen LogP) is 5.10. The van der Waals surface area contributed by atoms with Gasteiger partial charge in [-0.1, -0.05) is 36.4 Å². The number of benzene rings is 2. The fourth-order valence-electron chi connectivity index (χ4n) is 4.04. The third-order valence-corrected chi connectivity index (χ3v) is 5.94. The molecule has 0 saturated heterocycles. The average molecular weight is 472 g/mol. The molecule has 4 rings (SSSR count). The first-order valence-corrected chi connectivity index (χ1v) is 11.8. The number of amides is 1. The van der Waals surface area contributed by atoms with Gasteiger partial charge in [-0.05, 0) is 55.8 Å². The zero-order chi connectivity index (χ0) is 24.6. The smallest absolute Gasteiger partial charge is 0.225 e. The molecule has 0 bridgehead atoms. The van der Waals surface area contributed by atoms with Crippen molar-refractivity contribution < 1.29 is 9.18 Å². The summed E-state index contributed by atoms with van der Waals surface area (Å²) in [5.41, 5.74) is 5.37. The van der Waals surface area contributed by atoms with E-state index < -0.39 is 0 Å². The Morgan fingerprint density at radius 2 is 1.71 bits per heavy atom. The third kappa shape index (κ3) is 6.61. The normalized spacial score (nSPS) is 11.1. The van der Waals surface area contributed by atoms with Gasteiger partial charge < -0.3 is 5.32 Å². The number of hydrogen-bond acceptors (Lipinski definition) is 4. The lowest BCUT2D eigenvalue weighted by molar-refractivity contribution is -0.116. The fraction of sp³-hybridized carbons (Fsp3) is 0.250. The molecule has 1 N–H and O–H groups in total. The van der Waals surface area contributed by atoms with E-state index in [4.69, 9.17) is 0 Å². The molecule has 0 spiro atoms. The van der Waals surface area contributed by atoms with Gasteiger partial charge in [0.2, 0.25) is 5.91 Å². The molecular weight excluding hydrogens is 441 g/mol. The molecule has 2 heterocycles. The van der Waals surface area contributed by atoms with E-state index in [1.807, 2.05) is 67.1 Å². The Morgan fingerprint density at radius 3 is 2.43 bits per heavy atom. The number of aryl methyl sites for hydroxylation is 1. The highest BCUT2D eigenvalue weighted by atomic mass is 19.1. The molecule has 0 fully saturated rings. The molecule has 7 heteroatoms. The Morgan fingerprint density at radius 1 is 0.971 bits per heavy atom. The van der Waals surface area contributed by atoms with Crippen LogP contribution in [0.2, 0.25) is 0 Å². The zero-order valence-electron chi connectivity index (χ0n) is 20.1. The molecule has 0 radical (unpaired) electrons. The Labute approximate surface area is 205 Å². The van der Waals surface area contributed by atoms with Crippen molar-refractivity contribution >= 4 is 11.6 Å². The van der Waals surface area contributed by atoms with Gasteiger partial charge >= 0.3 is 0 Å². The zero-order valence-corrected chi connectivity index (χ0v) is 20.1. The molecule has 2 aromatic heterocycles. The molecule has 0 unspecified atom stereocenters. The number of anilines is 1. The summed E-state index contributed by atoms with van der Waals surface area (Å²) in [6, 6.07) is 22.2. The summed E-state index contributed by atoms with van der Waals surface area (Å²) in [7, 11) is 0. The maximum atomic E-state index is 13.3. The van der Waals surface area contributed by atoms with E-state index in [-0.39, 0.29) is 11.7 Å². The van der Waals surface area contributed by atoms with E-state index in [2.05, 4.69) is 20.3 Å². The first kappa shape index (κ1) is 24.3. The highest BCUT2D eigenvalue weighted by molar-refractivity contribution is 5.92. The van der Waals surface area contributed by atoms with Gasteiger partial charge in [-0.3, -0.25) is 14.7 Å². The maximum absolute atomic E-state index is 13.3. The van der Waals surface area contributed by atoms with Crippen LogP contribution < -0.4 is 5.32 Å². The predicted molar refractivity (Wildman–Crippen MR) is 136 cm³/mol. The second-order valence-corrected chi connectivity index (χ2v) is 8.57. The fourth-order valence-corrected chi connectivity index (χ4v) is 4.04. The second kappa shape index (κ2) is 11.5. The van der Waals surface area contributed by atoms with Crippen molar-refractivity contribution in [1.29, 1.82) is 0 Å². The summed E-state index contributed by atoms with van der Waals surface area (Å²) in [4.78, 5) is 19.5. The summed E-state index contributed by atoms with van der Waals surface area (Å²) in [5, 5.41) is 7.67. The molecule has 4 aromatic rings. The molecule has 0 aliphatic rings. The van der Waals surface area contributed by atoms with E-state index in [0.29, 0.717) is 19.5 Å². The molecule has 0 atom stereocenters. The van der Waals surface area contributed by atoms with Gasteiger partial charge in [0.05, 0.1) is 22.8 Å². The highest BCUT2D eigenvalue weighted by Crippen LogP contribution is 2.23. The lowest BCUT2D eigenvalue weighted by Crippen LogP contribution is -2.30. The maximum Gasteiger partial charge on any atom is 0.225 e. The van der Waals surface area contributed by atoms with Crippen LogP contribution in [0.5, 0.6) is 0 Å². The van der Waals surface area contributed by atoms with E-state index >= 15 is 0 Å². The number of hydrogen-bond donors (Lipinski definition) is 1. The van der Waals surface area contributed by atoms with Crippen molar-refractivity contribution in [3.8, 4) is 5.69 Å². The Balaban J connectivity index is 1.40. The van der Waals surface area contributed by atoms with Gasteiger partial charge in [-0.15, -0.1) is 0 Å².